The largest absolute Gasteiger partial charge is 0.389 e. The molecule has 0 bridgehead atoms. The summed E-state index contributed by atoms with van der Waals surface area (Å²) in [5, 5.41) is 9.69. The summed E-state index contributed by atoms with van der Waals surface area (Å²) in [5.41, 5.74) is 0. The van der Waals surface area contributed by atoms with Crippen molar-refractivity contribution in [2.45, 2.75) is 97.0 Å². The molecule has 1 atom stereocenters. The summed E-state index contributed by atoms with van der Waals surface area (Å²) in [5.74, 6) is 0. The molecule has 1 heteroatoms. The Morgan fingerprint density at radius 1 is 0.778 bits per heavy atom. The van der Waals surface area contributed by atoms with Gasteiger partial charge < -0.3 is 5.11 Å². The van der Waals surface area contributed by atoms with E-state index in [-0.39, 0.29) is 6.10 Å². The Morgan fingerprint density at radius 3 is 2.00 bits per heavy atom. The fourth-order valence-electron chi connectivity index (χ4n) is 2.17. The van der Waals surface area contributed by atoms with Crippen LogP contribution >= 0.6 is 0 Å². The second-order valence-electron chi connectivity index (χ2n) is 5.40. The van der Waals surface area contributed by atoms with Gasteiger partial charge in [-0.15, -0.1) is 0 Å². The third kappa shape index (κ3) is 13.8. The Hall–Kier alpha value is -0.300. The van der Waals surface area contributed by atoms with Crippen LogP contribution in [0.2, 0.25) is 0 Å². The minimum Gasteiger partial charge on any atom is -0.389 e. The lowest BCUT2D eigenvalue weighted by molar-refractivity contribution is 0.208. The van der Waals surface area contributed by atoms with Crippen molar-refractivity contribution in [2.75, 3.05) is 0 Å². The lowest BCUT2D eigenvalue weighted by Gasteiger charge is -2.04. The van der Waals surface area contributed by atoms with Gasteiger partial charge in [-0.25, -0.2) is 0 Å². The van der Waals surface area contributed by atoms with Crippen molar-refractivity contribution >= 4 is 0 Å². The number of aliphatic hydroxyl groups is 1. The second kappa shape index (κ2) is 14.8. The quantitative estimate of drug-likeness (QED) is 0.334. The minimum absolute atomic E-state index is 0.207. The van der Waals surface area contributed by atoms with Gasteiger partial charge in [0.1, 0.15) is 0 Å². The van der Waals surface area contributed by atoms with Crippen LogP contribution in [0.5, 0.6) is 0 Å². The summed E-state index contributed by atoms with van der Waals surface area (Å²) < 4.78 is 0. The Kier molecular flexibility index (Phi) is 14.5. The van der Waals surface area contributed by atoms with Crippen molar-refractivity contribution in [3.63, 3.8) is 0 Å². The molecule has 0 aromatic carbocycles. The number of hydrogen-bond donors (Lipinski definition) is 1. The molecule has 0 aliphatic rings. The monoisotopic (exact) mass is 254 g/mol. The molecule has 1 nitrogen and oxygen atoms in total. The highest BCUT2D eigenvalue weighted by Gasteiger charge is 1.97. The molecule has 0 spiro atoms. The smallest absolute Gasteiger partial charge is 0.0720 e. The van der Waals surface area contributed by atoms with E-state index in [1.807, 2.05) is 6.08 Å². The summed E-state index contributed by atoms with van der Waals surface area (Å²) in [7, 11) is 0. The Morgan fingerprint density at radius 2 is 1.33 bits per heavy atom. The van der Waals surface area contributed by atoms with E-state index in [4.69, 9.17) is 0 Å². The van der Waals surface area contributed by atoms with Gasteiger partial charge in [0, 0.05) is 0 Å². The van der Waals surface area contributed by atoms with E-state index in [0.717, 1.165) is 19.3 Å². The van der Waals surface area contributed by atoms with E-state index >= 15 is 0 Å². The number of aliphatic hydroxyl groups excluding tert-OH is 1. The number of rotatable bonds is 13. The lowest BCUT2D eigenvalue weighted by atomic mass is 10.1. The Balaban J connectivity index is 3.21. The molecule has 0 radical (unpaired) electrons. The summed E-state index contributed by atoms with van der Waals surface area (Å²) in [6, 6.07) is 0. The molecule has 0 heterocycles. The molecule has 0 rings (SSSR count). The van der Waals surface area contributed by atoms with Crippen molar-refractivity contribution in [3.05, 3.63) is 12.2 Å². The van der Waals surface area contributed by atoms with Crippen LogP contribution in [0.4, 0.5) is 0 Å². The number of hydrogen-bond acceptors (Lipinski definition) is 1. The first-order valence-corrected chi connectivity index (χ1v) is 8.16. The van der Waals surface area contributed by atoms with Crippen LogP contribution in [0.25, 0.3) is 0 Å². The number of unbranched alkanes of at least 4 members (excludes halogenated alkanes) is 9. The van der Waals surface area contributed by atoms with Crippen LogP contribution in [-0.2, 0) is 0 Å². The van der Waals surface area contributed by atoms with Crippen molar-refractivity contribution in [1.29, 1.82) is 0 Å². The van der Waals surface area contributed by atoms with Crippen LogP contribution < -0.4 is 0 Å². The first-order chi connectivity index (χ1) is 8.81. The third-order valence-corrected chi connectivity index (χ3v) is 3.44. The fraction of sp³-hybridized carbons (Fsp3) is 0.882. The van der Waals surface area contributed by atoms with E-state index < -0.39 is 0 Å². The molecule has 0 aromatic rings. The molecule has 0 amide bonds. The normalized spacial score (nSPS) is 13.3. The first-order valence-electron chi connectivity index (χ1n) is 8.16. The molecule has 1 N–H and O–H groups in total. The third-order valence-electron chi connectivity index (χ3n) is 3.44. The first kappa shape index (κ1) is 17.7. The van der Waals surface area contributed by atoms with Gasteiger partial charge in [0.05, 0.1) is 6.10 Å². The van der Waals surface area contributed by atoms with Crippen molar-refractivity contribution in [1.82, 2.24) is 0 Å². The summed E-state index contributed by atoms with van der Waals surface area (Å²) >= 11 is 0. The van der Waals surface area contributed by atoms with Crippen LogP contribution in [0.1, 0.15) is 90.9 Å². The minimum atomic E-state index is -0.207. The molecule has 108 valence electrons. The maximum absolute atomic E-state index is 9.69. The zero-order chi connectivity index (χ0) is 13.5. The van der Waals surface area contributed by atoms with E-state index in [9.17, 15) is 5.11 Å². The van der Waals surface area contributed by atoms with Crippen molar-refractivity contribution in [2.24, 2.45) is 0 Å². The van der Waals surface area contributed by atoms with E-state index in [1.54, 1.807) is 0 Å². The molecule has 0 aliphatic heterocycles. The van der Waals surface area contributed by atoms with Gasteiger partial charge in [0.15, 0.2) is 0 Å². The predicted molar refractivity (Wildman–Crippen MR) is 81.9 cm³/mol. The molecule has 1 unspecified atom stereocenters. The summed E-state index contributed by atoms with van der Waals surface area (Å²) in [6.45, 7) is 4.46. The van der Waals surface area contributed by atoms with Crippen LogP contribution in [-0.4, -0.2) is 11.2 Å². The molecule has 0 aromatic heterocycles. The maximum Gasteiger partial charge on any atom is 0.0720 e. The van der Waals surface area contributed by atoms with Gasteiger partial charge in [-0.3, -0.25) is 0 Å². The topological polar surface area (TPSA) is 20.2 Å². The number of allylic oxidation sites excluding steroid dienone is 1. The fourth-order valence-corrected chi connectivity index (χ4v) is 2.17. The highest BCUT2D eigenvalue weighted by Crippen LogP contribution is 2.09. The van der Waals surface area contributed by atoms with Gasteiger partial charge in [0.25, 0.3) is 0 Å². The van der Waals surface area contributed by atoms with Gasteiger partial charge in [-0.2, -0.15) is 0 Å². The van der Waals surface area contributed by atoms with E-state index in [1.165, 1.54) is 57.8 Å². The zero-order valence-corrected chi connectivity index (χ0v) is 12.7. The molecule has 18 heavy (non-hydrogen) atoms. The molecule has 0 aliphatic carbocycles. The summed E-state index contributed by atoms with van der Waals surface area (Å²) in [6.07, 6.45) is 19.2. The van der Waals surface area contributed by atoms with Crippen molar-refractivity contribution in [3.8, 4) is 0 Å². The van der Waals surface area contributed by atoms with E-state index in [2.05, 4.69) is 19.9 Å². The lowest BCUT2D eigenvalue weighted by Crippen LogP contribution is -2.01. The Labute approximate surface area is 115 Å². The van der Waals surface area contributed by atoms with Crippen LogP contribution in [0.3, 0.4) is 0 Å². The molecular formula is C17H34O. The predicted octanol–water partition coefficient (Wildman–Crippen LogP) is 5.62. The average Bonchev–Trinajstić information content (AvgIpc) is 2.37. The van der Waals surface area contributed by atoms with E-state index in [0.29, 0.717) is 0 Å². The van der Waals surface area contributed by atoms with Crippen molar-refractivity contribution < 1.29 is 5.11 Å². The molecule has 0 fully saturated rings. The zero-order valence-electron chi connectivity index (χ0n) is 12.7. The highest BCUT2D eigenvalue weighted by atomic mass is 16.3. The maximum atomic E-state index is 9.69. The van der Waals surface area contributed by atoms with Crippen LogP contribution in [0.15, 0.2) is 12.2 Å². The summed E-state index contributed by atoms with van der Waals surface area (Å²) in [4.78, 5) is 0. The van der Waals surface area contributed by atoms with Gasteiger partial charge in [-0.1, -0.05) is 83.8 Å². The van der Waals surface area contributed by atoms with Gasteiger partial charge in [0.2, 0.25) is 0 Å². The SMILES string of the molecule is CCCCCCCCC/C=C/C(O)CCCCC. The van der Waals surface area contributed by atoms with Gasteiger partial charge >= 0.3 is 0 Å². The second-order valence-corrected chi connectivity index (χ2v) is 5.40. The Bertz CT molecular complexity index is 174. The average molecular weight is 254 g/mol. The van der Waals surface area contributed by atoms with Gasteiger partial charge in [-0.05, 0) is 19.3 Å². The molecule has 0 saturated heterocycles. The molecule has 0 saturated carbocycles. The van der Waals surface area contributed by atoms with Crippen LogP contribution in [0, 0.1) is 0 Å². The highest BCUT2D eigenvalue weighted by molar-refractivity contribution is 4.88. The standard InChI is InChI=1S/C17H34O/c1-3-5-7-8-9-10-11-12-14-16-17(18)15-13-6-4-2/h14,16-18H,3-13,15H2,1-2H3/b16-14+. The molecular weight excluding hydrogens is 220 g/mol.